The van der Waals surface area contributed by atoms with Gasteiger partial charge in [-0.25, -0.2) is 14.7 Å². The molecule has 5 aromatic rings. The van der Waals surface area contributed by atoms with Crippen molar-refractivity contribution in [1.82, 2.24) is 9.78 Å². The van der Waals surface area contributed by atoms with Gasteiger partial charge in [-0.2, -0.15) is 5.10 Å². The first-order valence-corrected chi connectivity index (χ1v) is 13.7. The van der Waals surface area contributed by atoms with E-state index in [-0.39, 0.29) is 6.04 Å². The Labute approximate surface area is 239 Å². The minimum absolute atomic E-state index is 0.252. The third-order valence-corrected chi connectivity index (χ3v) is 7.72. The van der Waals surface area contributed by atoms with E-state index in [2.05, 4.69) is 79.5 Å². The summed E-state index contributed by atoms with van der Waals surface area (Å²) in [5, 5.41) is 8.67. The van der Waals surface area contributed by atoms with Gasteiger partial charge in [-0.1, -0.05) is 60.7 Å². The zero-order chi connectivity index (χ0) is 28.1. The lowest BCUT2D eigenvalue weighted by atomic mass is 9.92. The summed E-state index contributed by atoms with van der Waals surface area (Å²) in [4.78, 5) is 12.7. The number of fused-ring (bicyclic) bond motifs is 4. The highest BCUT2D eigenvalue weighted by Gasteiger charge is 2.42. The molecule has 0 saturated heterocycles. The van der Waals surface area contributed by atoms with Gasteiger partial charge in [-0.05, 0) is 68.3 Å². The Morgan fingerprint density at radius 1 is 0.805 bits per heavy atom. The lowest BCUT2D eigenvalue weighted by Gasteiger charge is -2.41. The fourth-order valence-corrected chi connectivity index (χ4v) is 5.73. The molecule has 2 aliphatic heterocycles. The monoisotopic (exact) mass is 538 g/mol. The summed E-state index contributed by atoms with van der Waals surface area (Å²) in [7, 11) is 1.72. The molecule has 1 unspecified atom stereocenters. The van der Waals surface area contributed by atoms with Crippen LogP contribution in [0.2, 0.25) is 0 Å². The minimum atomic E-state index is -0.252. The highest BCUT2D eigenvalue weighted by Crippen LogP contribution is 2.49. The zero-order valence-corrected chi connectivity index (χ0v) is 23.5. The fraction of sp³-hybridized carbons (Fsp3) is 0.147. The van der Waals surface area contributed by atoms with Crippen molar-refractivity contribution in [3.63, 3.8) is 0 Å². The van der Waals surface area contributed by atoms with Crippen molar-refractivity contribution in [3.8, 4) is 11.4 Å². The van der Waals surface area contributed by atoms with Gasteiger partial charge in [0.2, 0.25) is 0 Å². The van der Waals surface area contributed by atoms with E-state index in [1.54, 1.807) is 7.11 Å². The van der Waals surface area contributed by atoms with E-state index in [9.17, 15) is 0 Å². The number of hydrogen-bond acceptors (Lipinski definition) is 6. The molecule has 7 rings (SSSR count). The van der Waals surface area contributed by atoms with Crippen molar-refractivity contribution < 1.29 is 4.74 Å². The topological polar surface area (TPSA) is 67.0 Å². The van der Waals surface area contributed by atoms with E-state index >= 15 is 0 Å². The molecule has 0 radical (unpaired) electrons. The van der Waals surface area contributed by atoms with Gasteiger partial charge in [-0.3, -0.25) is 0 Å². The molecule has 0 fully saturated rings. The van der Waals surface area contributed by atoms with Gasteiger partial charge < -0.3 is 15.0 Å². The Morgan fingerprint density at radius 2 is 1.56 bits per heavy atom. The maximum atomic E-state index is 5.92. The molecule has 1 N–H and O–H groups in total. The number of anilines is 2. The maximum absolute atomic E-state index is 5.92. The van der Waals surface area contributed by atoms with Crippen LogP contribution in [-0.4, -0.2) is 28.6 Å². The largest absolute Gasteiger partial charge is 0.496 e. The number of aromatic nitrogens is 2. The number of amidine groups is 2. The van der Waals surface area contributed by atoms with Crippen LogP contribution < -0.4 is 15.0 Å². The van der Waals surface area contributed by atoms with Crippen LogP contribution in [0.25, 0.3) is 5.69 Å². The maximum Gasteiger partial charge on any atom is 0.179 e. The molecular formula is C34H30N6O. The first-order valence-electron chi connectivity index (χ1n) is 13.7. The zero-order valence-electron chi connectivity index (χ0n) is 23.5. The highest BCUT2D eigenvalue weighted by atomic mass is 16.5. The van der Waals surface area contributed by atoms with E-state index < -0.39 is 0 Å². The summed E-state index contributed by atoms with van der Waals surface area (Å²) in [6.07, 6.45) is 0. The molecule has 4 aromatic carbocycles. The van der Waals surface area contributed by atoms with Gasteiger partial charge in [0.25, 0.3) is 0 Å². The minimum Gasteiger partial charge on any atom is -0.496 e. The van der Waals surface area contributed by atoms with Gasteiger partial charge in [0.1, 0.15) is 5.75 Å². The number of aliphatic imine (C=N–C) groups is 2. The Morgan fingerprint density at radius 3 is 2.39 bits per heavy atom. The number of methoxy groups -OCH3 is 1. The summed E-state index contributed by atoms with van der Waals surface area (Å²) in [6, 6.07) is 32.7. The highest BCUT2D eigenvalue weighted by molar-refractivity contribution is 6.51. The second kappa shape index (κ2) is 9.78. The van der Waals surface area contributed by atoms with Crippen molar-refractivity contribution in [1.29, 1.82) is 0 Å². The molecule has 7 heteroatoms. The molecule has 202 valence electrons. The number of nitrogens with one attached hydrogen (secondary N) is 1. The molecule has 1 atom stereocenters. The summed E-state index contributed by atoms with van der Waals surface area (Å²) >= 11 is 0. The average molecular weight is 539 g/mol. The molecule has 41 heavy (non-hydrogen) atoms. The molecule has 0 bridgehead atoms. The summed E-state index contributed by atoms with van der Waals surface area (Å²) in [5.74, 6) is 3.00. The van der Waals surface area contributed by atoms with Gasteiger partial charge in [0.05, 0.1) is 35.9 Å². The van der Waals surface area contributed by atoms with Crippen LogP contribution in [-0.2, 0) is 0 Å². The van der Waals surface area contributed by atoms with Gasteiger partial charge >= 0.3 is 0 Å². The number of hydrogen-bond donors (Lipinski definition) is 1. The number of rotatable bonds is 4. The lowest BCUT2D eigenvalue weighted by molar-refractivity contribution is 0.407. The second-order valence-electron chi connectivity index (χ2n) is 10.4. The van der Waals surface area contributed by atoms with E-state index in [0.29, 0.717) is 5.84 Å². The first-order chi connectivity index (χ1) is 20.0. The number of benzene rings is 4. The Bertz CT molecular complexity index is 1850. The molecule has 3 heterocycles. The van der Waals surface area contributed by atoms with Crippen molar-refractivity contribution in [3.05, 3.63) is 125 Å². The van der Waals surface area contributed by atoms with Crippen molar-refractivity contribution in [2.24, 2.45) is 9.98 Å². The molecule has 0 amide bonds. The van der Waals surface area contributed by atoms with Crippen LogP contribution in [0.15, 0.2) is 107 Å². The number of nitrogens with zero attached hydrogens (tertiary/aromatic N) is 5. The predicted molar refractivity (Wildman–Crippen MR) is 166 cm³/mol. The first kappa shape index (κ1) is 24.8. The predicted octanol–water partition coefficient (Wildman–Crippen LogP) is 7.60. The van der Waals surface area contributed by atoms with E-state index in [4.69, 9.17) is 19.8 Å². The third kappa shape index (κ3) is 4.09. The van der Waals surface area contributed by atoms with E-state index in [1.807, 2.05) is 53.2 Å². The van der Waals surface area contributed by atoms with E-state index in [1.165, 1.54) is 5.56 Å². The van der Waals surface area contributed by atoms with Crippen molar-refractivity contribution >= 4 is 34.6 Å². The lowest BCUT2D eigenvalue weighted by Crippen LogP contribution is -2.46. The van der Waals surface area contributed by atoms with Gasteiger partial charge in [0, 0.05) is 16.8 Å². The molecule has 1 aromatic heterocycles. The molecule has 7 nitrogen and oxygen atoms in total. The second-order valence-corrected chi connectivity index (χ2v) is 10.4. The van der Waals surface area contributed by atoms with E-state index in [0.717, 1.165) is 62.5 Å². The van der Waals surface area contributed by atoms with Crippen LogP contribution in [0.3, 0.4) is 0 Å². The number of aryl methyl sites for hydroxylation is 3. The Hall–Kier alpha value is -5.17. The fourth-order valence-electron chi connectivity index (χ4n) is 5.73. The SMILES string of the molecule is COc1ccccc1C1c2c(C)nn(-c3ccccc3)c2N=C2C(Nc3cc(C)ccc3C)=Nc3ccccc3N21. The number of ether oxygens (including phenoxy) is 1. The Kier molecular flexibility index (Phi) is 5.93. The number of para-hydroxylation sites is 4. The third-order valence-electron chi connectivity index (χ3n) is 7.72. The van der Waals surface area contributed by atoms with Gasteiger partial charge in [0.15, 0.2) is 17.5 Å². The van der Waals surface area contributed by atoms with Crippen LogP contribution in [0.4, 0.5) is 22.9 Å². The standard InChI is InChI=1S/C34H30N6O/c1-21-18-19-22(2)27(20-21)36-32-34-37-33-30(23(3)38-40(33)24-12-6-5-7-13-24)31(25-14-8-11-17-29(25)41-4)39(34)28-16-10-9-15-26(28)35-32/h5-20,31H,1-4H3,(H,35,36). The quantitative estimate of drug-likeness (QED) is 0.256. The smallest absolute Gasteiger partial charge is 0.179 e. The van der Waals surface area contributed by atoms with Crippen LogP contribution >= 0.6 is 0 Å². The van der Waals surface area contributed by atoms with Crippen LogP contribution in [0.1, 0.15) is 34.0 Å². The molecule has 0 aliphatic carbocycles. The van der Waals surface area contributed by atoms with Gasteiger partial charge in [-0.15, -0.1) is 0 Å². The van der Waals surface area contributed by atoms with Crippen molar-refractivity contribution in [2.45, 2.75) is 26.8 Å². The van der Waals surface area contributed by atoms with Crippen LogP contribution in [0.5, 0.6) is 5.75 Å². The van der Waals surface area contributed by atoms with Crippen molar-refractivity contribution in [2.75, 3.05) is 17.3 Å². The summed E-state index contributed by atoms with van der Waals surface area (Å²) < 4.78 is 7.86. The normalized spacial score (nSPS) is 15.3. The summed E-state index contributed by atoms with van der Waals surface area (Å²) in [6.45, 7) is 6.25. The molecule has 0 saturated carbocycles. The molecule has 2 aliphatic rings. The Balaban J connectivity index is 1.52. The summed E-state index contributed by atoms with van der Waals surface area (Å²) in [5.41, 5.74) is 9.07. The van der Waals surface area contributed by atoms with Crippen LogP contribution in [0, 0.1) is 20.8 Å². The average Bonchev–Trinajstić information content (AvgIpc) is 3.34. The molecule has 0 spiro atoms. The molecular weight excluding hydrogens is 508 g/mol.